The van der Waals surface area contributed by atoms with E-state index in [0.29, 0.717) is 17.7 Å². The average molecular weight is 263 g/mol. The zero-order valence-corrected chi connectivity index (χ0v) is 12.2. The Balaban J connectivity index is 2.15. The van der Waals surface area contributed by atoms with Crippen LogP contribution in [0.1, 0.15) is 37.4 Å². The summed E-state index contributed by atoms with van der Waals surface area (Å²) in [5.74, 6) is 1.03. The van der Waals surface area contributed by atoms with E-state index in [0.717, 1.165) is 32.5 Å². The maximum Gasteiger partial charge on any atom is 0.115 e. The first-order valence-corrected chi connectivity index (χ1v) is 7.16. The van der Waals surface area contributed by atoms with E-state index in [2.05, 4.69) is 24.8 Å². The molecule has 0 fully saturated rings. The number of methoxy groups -OCH3 is 1. The van der Waals surface area contributed by atoms with Gasteiger partial charge in [-0.3, -0.25) is 4.90 Å². The molecule has 0 heterocycles. The van der Waals surface area contributed by atoms with Crippen molar-refractivity contribution in [2.24, 2.45) is 5.92 Å². The molecular formula is C16H25NO2. The molecule has 1 aliphatic rings. The first-order chi connectivity index (χ1) is 9.11. The van der Waals surface area contributed by atoms with Gasteiger partial charge in [-0.25, -0.2) is 0 Å². The fourth-order valence-electron chi connectivity index (χ4n) is 3.01. The molecule has 1 unspecified atom stereocenters. The number of fused-ring (bicyclic) bond motifs is 1. The molecular weight excluding hydrogens is 238 g/mol. The zero-order valence-electron chi connectivity index (χ0n) is 12.2. The lowest BCUT2D eigenvalue weighted by Crippen LogP contribution is -2.34. The number of phenolic OH excluding ortho intramolecular Hbond substituents is 1. The number of hydrogen-bond acceptors (Lipinski definition) is 3. The summed E-state index contributed by atoms with van der Waals surface area (Å²) in [6, 6.07) is 6.29. The molecule has 0 aliphatic heterocycles. The zero-order chi connectivity index (χ0) is 13.8. The van der Waals surface area contributed by atoms with Crippen LogP contribution in [0.5, 0.6) is 5.75 Å². The molecule has 0 bridgehead atoms. The van der Waals surface area contributed by atoms with Gasteiger partial charge >= 0.3 is 0 Å². The Hall–Kier alpha value is -1.06. The largest absolute Gasteiger partial charge is 0.508 e. The third-order valence-electron chi connectivity index (χ3n) is 3.80. The Bertz CT molecular complexity index is 417. The highest BCUT2D eigenvalue weighted by molar-refractivity contribution is 5.40. The Labute approximate surface area is 116 Å². The number of aromatic hydroxyl groups is 1. The summed E-state index contributed by atoms with van der Waals surface area (Å²) in [6.45, 7) is 7.35. The predicted octanol–water partition coefficient (Wildman–Crippen LogP) is 2.98. The van der Waals surface area contributed by atoms with Crippen molar-refractivity contribution >= 4 is 0 Å². The molecule has 3 heteroatoms. The van der Waals surface area contributed by atoms with Crippen molar-refractivity contribution in [3.8, 4) is 5.75 Å². The van der Waals surface area contributed by atoms with Gasteiger partial charge in [-0.2, -0.15) is 0 Å². The monoisotopic (exact) mass is 263 g/mol. The lowest BCUT2D eigenvalue weighted by molar-refractivity contribution is 0.109. The molecule has 2 rings (SSSR count). The van der Waals surface area contributed by atoms with Gasteiger partial charge < -0.3 is 9.84 Å². The lowest BCUT2D eigenvalue weighted by atomic mass is 10.0. The highest BCUT2D eigenvalue weighted by Crippen LogP contribution is 2.37. The standard InChI is InChI=1S/C16H25NO2/c1-12(2)11-17(8-9-19-3)16-7-4-13-10-14(18)5-6-15(13)16/h5-6,10,12,16,18H,4,7-9,11H2,1-3H3. The summed E-state index contributed by atoms with van der Waals surface area (Å²) >= 11 is 0. The van der Waals surface area contributed by atoms with Crippen LogP contribution in [0.25, 0.3) is 0 Å². The van der Waals surface area contributed by atoms with E-state index >= 15 is 0 Å². The van der Waals surface area contributed by atoms with Crippen LogP contribution >= 0.6 is 0 Å². The van der Waals surface area contributed by atoms with Gasteiger partial charge in [0.2, 0.25) is 0 Å². The van der Waals surface area contributed by atoms with Crippen molar-refractivity contribution in [1.82, 2.24) is 4.90 Å². The van der Waals surface area contributed by atoms with Gasteiger partial charge in [0, 0.05) is 26.2 Å². The normalized spacial score (nSPS) is 18.3. The van der Waals surface area contributed by atoms with Crippen LogP contribution in [0, 0.1) is 5.92 Å². The van der Waals surface area contributed by atoms with Crippen LogP contribution in [-0.4, -0.2) is 36.8 Å². The van der Waals surface area contributed by atoms with E-state index in [9.17, 15) is 5.11 Å². The molecule has 19 heavy (non-hydrogen) atoms. The molecule has 1 aromatic carbocycles. The molecule has 0 aromatic heterocycles. The van der Waals surface area contributed by atoms with Crippen LogP contribution < -0.4 is 0 Å². The number of benzene rings is 1. The number of hydrogen-bond donors (Lipinski definition) is 1. The summed E-state index contributed by atoms with van der Waals surface area (Å²) in [4.78, 5) is 2.52. The number of nitrogens with zero attached hydrogens (tertiary/aromatic N) is 1. The van der Waals surface area contributed by atoms with E-state index in [1.54, 1.807) is 13.2 Å². The molecule has 1 N–H and O–H groups in total. The van der Waals surface area contributed by atoms with E-state index in [4.69, 9.17) is 4.74 Å². The molecule has 3 nitrogen and oxygen atoms in total. The van der Waals surface area contributed by atoms with Crippen LogP contribution in [0.2, 0.25) is 0 Å². The molecule has 0 amide bonds. The van der Waals surface area contributed by atoms with Gasteiger partial charge in [0.05, 0.1) is 6.61 Å². The number of rotatable bonds is 6. The van der Waals surface area contributed by atoms with Crippen LogP contribution in [0.4, 0.5) is 0 Å². The third kappa shape index (κ3) is 3.48. The lowest BCUT2D eigenvalue weighted by Gasteiger charge is -2.31. The minimum Gasteiger partial charge on any atom is -0.508 e. The van der Waals surface area contributed by atoms with E-state index in [1.165, 1.54) is 11.1 Å². The molecule has 106 valence electrons. The van der Waals surface area contributed by atoms with Gasteiger partial charge in [-0.15, -0.1) is 0 Å². The van der Waals surface area contributed by atoms with Crippen LogP contribution in [-0.2, 0) is 11.2 Å². The fourth-order valence-corrected chi connectivity index (χ4v) is 3.01. The van der Waals surface area contributed by atoms with Gasteiger partial charge in [0.1, 0.15) is 5.75 Å². The minimum atomic E-state index is 0.381. The molecule has 1 aliphatic carbocycles. The molecule has 0 spiro atoms. The van der Waals surface area contributed by atoms with Gasteiger partial charge in [-0.1, -0.05) is 19.9 Å². The SMILES string of the molecule is COCCN(CC(C)C)C1CCc2cc(O)ccc21. The summed E-state index contributed by atoms with van der Waals surface area (Å²) in [6.07, 6.45) is 2.21. The van der Waals surface area contributed by atoms with Crippen molar-refractivity contribution in [2.75, 3.05) is 26.8 Å². The first kappa shape index (κ1) is 14.4. The second kappa shape index (κ2) is 6.40. The summed E-state index contributed by atoms with van der Waals surface area (Å²) in [7, 11) is 1.76. The fraction of sp³-hybridized carbons (Fsp3) is 0.625. The second-order valence-electron chi connectivity index (χ2n) is 5.82. The Morgan fingerprint density at radius 1 is 1.42 bits per heavy atom. The summed E-state index contributed by atoms with van der Waals surface area (Å²) in [5, 5.41) is 9.57. The van der Waals surface area contributed by atoms with Gasteiger partial charge in [-0.05, 0) is 42.0 Å². The molecule has 0 radical (unpaired) electrons. The predicted molar refractivity (Wildman–Crippen MR) is 77.5 cm³/mol. The van der Waals surface area contributed by atoms with Crippen LogP contribution in [0.3, 0.4) is 0 Å². The smallest absolute Gasteiger partial charge is 0.115 e. The van der Waals surface area contributed by atoms with Crippen molar-refractivity contribution in [3.05, 3.63) is 29.3 Å². The van der Waals surface area contributed by atoms with Gasteiger partial charge in [0.15, 0.2) is 0 Å². The van der Waals surface area contributed by atoms with E-state index in [-0.39, 0.29) is 0 Å². The summed E-state index contributed by atoms with van der Waals surface area (Å²) < 4.78 is 5.24. The molecule has 0 saturated carbocycles. The Morgan fingerprint density at radius 2 is 2.21 bits per heavy atom. The second-order valence-corrected chi connectivity index (χ2v) is 5.82. The maximum atomic E-state index is 9.57. The number of aryl methyl sites for hydroxylation is 1. The molecule has 1 aromatic rings. The van der Waals surface area contributed by atoms with E-state index in [1.807, 2.05) is 6.07 Å². The quantitative estimate of drug-likeness (QED) is 0.856. The molecule has 1 atom stereocenters. The van der Waals surface area contributed by atoms with Gasteiger partial charge in [0.25, 0.3) is 0 Å². The highest BCUT2D eigenvalue weighted by Gasteiger charge is 2.28. The Kier molecular flexibility index (Phi) is 4.83. The van der Waals surface area contributed by atoms with Crippen molar-refractivity contribution < 1.29 is 9.84 Å². The highest BCUT2D eigenvalue weighted by atomic mass is 16.5. The Morgan fingerprint density at radius 3 is 2.89 bits per heavy atom. The minimum absolute atomic E-state index is 0.381. The third-order valence-corrected chi connectivity index (χ3v) is 3.80. The van der Waals surface area contributed by atoms with E-state index < -0.39 is 0 Å². The molecule has 0 saturated heterocycles. The topological polar surface area (TPSA) is 32.7 Å². The van der Waals surface area contributed by atoms with Crippen molar-refractivity contribution in [1.29, 1.82) is 0 Å². The number of phenols is 1. The number of ether oxygens (including phenoxy) is 1. The maximum absolute atomic E-state index is 9.57. The first-order valence-electron chi connectivity index (χ1n) is 7.16. The average Bonchev–Trinajstić information content (AvgIpc) is 2.76. The van der Waals surface area contributed by atoms with Crippen molar-refractivity contribution in [3.63, 3.8) is 0 Å². The van der Waals surface area contributed by atoms with Crippen molar-refractivity contribution in [2.45, 2.75) is 32.7 Å². The summed E-state index contributed by atoms with van der Waals surface area (Å²) in [5.41, 5.74) is 2.69. The van der Waals surface area contributed by atoms with Crippen LogP contribution in [0.15, 0.2) is 18.2 Å².